The third-order valence-electron chi connectivity index (χ3n) is 3.69. The maximum atomic E-state index is 12.6. The third-order valence-corrected chi connectivity index (χ3v) is 6.11. The van der Waals surface area contributed by atoms with E-state index < -0.39 is 28.0 Å². The van der Waals surface area contributed by atoms with Crippen LogP contribution in [0.1, 0.15) is 12.0 Å². The van der Waals surface area contributed by atoms with E-state index in [1.54, 1.807) is 13.0 Å². The van der Waals surface area contributed by atoms with Crippen molar-refractivity contribution in [3.63, 3.8) is 0 Å². The smallest absolute Gasteiger partial charge is 0.310 e. The van der Waals surface area contributed by atoms with Gasteiger partial charge in [-0.1, -0.05) is 17.7 Å². The van der Waals surface area contributed by atoms with E-state index in [4.69, 9.17) is 16.7 Å². The van der Waals surface area contributed by atoms with Gasteiger partial charge in [-0.2, -0.15) is 4.31 Å². The third kappa shape index (κ3) is 3.06. The number of aliphatic hydroxyl groups excluding tert-OH is 1. The van der Waals surface area contributed by atoms with Crippen molar-refractivity contribution in [1.29, 1.82) is 0 Å². The van der Waals surface area contributed by atoms with Crippen molar-refractivity contribution < 1.29 is 23.4 Å². The molecule has 0 bridgehead atoms. The highest BCUT2D eigenvalue weighted by molar-refractivity contribution is 7.89. The van der Waals surface area contributed by atoms with Crippen LogP contribution in [0.4, 0.5) is 0 Å². The Bertz CT molecular complexity index is 661. The van der Waals surface area contributed by atoms with Gasteiger partial charge in [0.25, 0.3) is 0 Å². The minimum atomic E-state index is -3.83. The van der Waals surface area contributed by atoms with Crippen LogP contribution in [0.3, 0.4) is 0 Å². The predicted molar refractivity (Wildman–Crippen MR) is 76.7 cm³/mol. The van der Waals surface area contributed by atoms with Crippen molar-refractivity contribution in [1.82, 2.24) is 4.31 Å². The molecule has 1 aromatic rings. The second kappa shape index (κ2) is 5.92. The second-order valence-corrected chi connectivity index (χ2v) is 7.34. The SMILES string of the molecule is Cc1c(Cl)cccc1S(=O)(=O)N1CC[C@@H](O)[C@@H](C(=O)O)C1. The number of aliphatic hydroxyl groups is 1. The highest BCUT2D eigenvalue weighted by Crippen LogP contribution is 2.28. The molecule has 1 heterocycles. The summed E-state index contributed by atoms with van der Waals surface area (Å²) in [6, 6.07) is 4.57. The Hall–Kier alpha value is -1.15. The molecule has 0 aliphatic carbocycles. The van der Waals surface area contributed by atoms with Gasteiger partial charge in [0.05, 0.1) is 16.9 Å². The first-order valence-electron chi connectivity index (χ1n) is 6.41. The normalized spacial score (nSPS) is 24.0. The molecule has 1 fully saturated rings. The summed E-state index contributed by atoms with van der Waals surface area (Å²) in [6.07, 6.45) is -0.940. The molecule has 1 aromatic carbocycles. The van der Waals surface area contributed by atoms with E-state index in [0.29, 0.717) is 10.6 Å². The number of carboxylic acids is 1. The van der Waals surface area contributed by atoms with Crippen molar-refractivity contribution >= 4 is 27.6 Å². The maximum absolute atomic E-state index is 12.6. The average Bonchev–Trinajstić information content (AvgIpc) is 2.41. The summed E-state index contributed by atoms with van der Waals surface area (Å²) in [4.78, 5) is 11.2. The molecule has 2 atom stereocenters. The van der Waals surface area contributed by atoms with Gasteiger partial charge in [-0.3, -0.25) is 4.79 Å². The summed E-state index contributed by atoms with van der Waals surface area (Å²) in [5.74, 6) is -2.32. The largest absolute Gasteiger partial charge is 0.481 e. The zero-order chi connectivity index (χ0) is 15.8. The molecule has 0 radical (unpaired) electrons. The summed E-state index contributed by atoms with van der Waals surface area (Å²) < 4.78 is 26.4. The molecule has 2 N–H and O–H groups in total. The minimum absolute atomic E-state index is 0.0653. The lowest BCUT2D eigenvalue weighted by Gasteiger charge is -2.33. The van der Waals surface area contributed by atoms with Gasteiger partial charge in [-0.25, -0.2) is 8.42 Å². The van der Waals surface area contributed by atoms with Gasteiger partial charge in [-0.05, 0) is 31.0 Å². The van der Waals surface area contributed by atoms with Crippen molar-refractivity contribution in [2.75, 3.05) is 13.1 Å². The van der Waals surface area contributed by atoms with E-state index in [-0.39, 0.29) is 24.4 Å². The van der Waals surface area contributed by atoms with Gasteiger partial charge < -0.3 is 10.2 Å². The van der Waals surface area contributed by atoms with E-state index in [0.717, 1.165) is 4.31 Å². The molecule has 116 valence electrons. The highest BCUT2D eigenvalue weighted by Gasteiger charge is 2.38. The topological polar surface area (TPSA) is 94.9 Å². The highest BCUT2D eigenvalue weighted by atomic mass is 35.5. The standard InChI is InChI=1S/C13H16ClNO5S/c1-8-10(14)3-2-4-12(8)21(19,20)15-6-5-11(16)9(7-15)13(17)18/h2-4,9,11,16H,5-7H2,1H3,(H,17,18)/t9-,11+/m0/s1. The average molecular weight is 334 g/mol. The number of aliphatic carboxylic acids is 1. The molecule has 0 amide bonds. The molecule has 0 spiro atoms. The molecular formula is C13H16ClNO5S. The number of sulfonamides is 1. The van der Waals surface area contributed by atoms with Crippen LogP contribution in [0.5, 0.6) is 0 Å². The van der Waals surface area contributed by atoms with Crippen LogP contribution < -0.4 is 0 Å². The van der Waals surface area contributed by atoms with Crippen LogP contribution in [0.25, 0.3) is 0 Å². The first-order chi connectivity index (χ1) is 9.75. The second-order valence-electron chi connectivity index (χ2n) is 5.03. The van der Waals surface area contributed by atoms with Gasteiger partial charge >= 0.3 is 5.97 Å². The van der Waals surface area contributed by atoms with Crippen LogP contribution in [0, 0.1) is 12.8 Å². The Morgan fingerprint density at radius 2 is 2.10 bits per heavy atom. The Morgan fingerprint density at radius 3 is 2.71 bits per heavy atom. The predicted octanol–water partition coefficient (Wildman–Crippen LogP) is 1.10. The summed E-state index contributed by atoms with van der Waals surface area (Å²) in [6.45, 7) is 1.44. The van der Waals surface area contributed by atoms with Gasteiger partial charge in [0.2, 0.25) is 10.0 Å². The molecule has 0 aromatic heterocycles. The summed E-state index contributed by atoms with van der Waals surface area (Å²) in [5.41, 5.74) is 0.428. The molecule has 0 saturated carbocycles. The quantitative estimate of drug-likeness (QED) is 0.863. The first kappa shape index (κ1) is 16.2. The molecular weight excluding hydrogens is 318 g/mol. The number of piperidine rings is 1. The number of carboxylic acid groups (broad SMARTS) is 1. The number of benzene rings is 1. The minimum Gasteiger partial charge on any atom is -0.481 e. The fourth-order valence-electron chi connectivity index (χ4n) is 2.38. The van der Waals surface area contributed by atoms with E-state index in [9.17, 15) is 18.3 Å². The van der Waals surface area contributed by atoms with Gasteiger partial charge in [0.1, 0.15) is 0 Å². The monoisotopic (exact) mass is 333 g/mol. The molecule has 0 unspecified atom stereocenters. The number of nitrogens with zero attached hydrogens (tertiary/aromatic N) is 1. The number of hydrogen-bond donors (Lipinski definition) is 2. The first-order valence-corrected chi connectivity index (χ1v) is 8.23. The zero-order valence-corrected chi connectivity index (χ0v) is 12.9. The lowest BCUT2D eigenvalue weighted by atomic mass is 9.96. The summed E-state index contributed by atoms with van der Waals surface area (Å²) in [5, 5.41) is 19.1. The van der Waals surface area contributed by atoms with Crippen molar-refractivity contribution in [2.45, 2.75) is 24.3 Å². The summed E-state index contributed by atoms with van der Waals surface area (Å²) >= 11 is 5.94. The molecule has 1 saturated heterocycles. The molecule has 21 heavy (non-hydrogen) atoms. The number of halogens is 1. The Kier molecular flexibility index (Phi) is 4.57. The Balaban J connectivity index is 2.36. The lowest BCUT2D eigenvalue weighted by molar-refractivity contribution is -0.147. The number of carbonyl (C=O) groups is 1. The van der Waals surface area contributed by atoms with Gasteiger partial charge in [-0.15, -0.1) is 0 Å². The molecule has 1 aliphatic rings. The van der Waals surface area contributed by atoms with Crippen LogP contribution in [-0.2, 0) is 14.8 Å². The van der Waals surface area contributed by atoms with E-state index in [2.05, 4.69) is 0 Å². The Morgan fingerprint density at radius 1 is 1.43 bits per heavy atom. The van der Waals surface area contributed by atoms with E-state index in [1.807, 2.05) is 0 Å². The van der Waals surface area contributed by atoms with Crippen LogP contribution >= 0.6 is 11.6 Å². The maximum Gasteiger partial charge on any atom is 0.310 e. The molecule has 6 nitrogen and oxygen atoms in total. The molecule has 8 heteroatoms. The number of hydrogen-bond acceptors (Lipinski definition) is 4. The van der Waals surface area contributed by atoms with E-state index >= 15 is 0 Å². The Labute approximate surface area is 128 Å². The molecule has 2 rings (SSSR count). The van der Waals surface area contributed by atoms with Crippen LogP contribution in [0.15, 0.2) is 23.1 Å². The summed E-state index contributed by atoms with van der Waals surface area (Å²) in [7, 11) is -3.83. The van der Waals surface area contributed by atoms with E-state index in [1.165, 1.54) is 12.1 Å². The van der Waals surface area contributed by atoms with Crippen molar-refractivity contribution in [2.24, 2.45) is 5.92 Å². The zero-order valence-electron chi connectivity index (χ0n) is 11.4. The molecule has 1 aliphatic heterocycles. The van der Waals surface area contributed by atoms with Crippen LogP contribution in [0.2, 0.25) is 5.02 Å². The fraction of sp³-hybridized carbons (Fsp3) is 0.462. The van der Waals surface area contributed by atoms with Crippen LogP contribution in [-0.4, -0.2) is 48.1 Å². The van der Waals surface area contributed by atoms with Gasteiger partial charge in [0, 0.05) is 18.1 Å². The lowest BCUT2D eigenvalue weighted by Crippen LogP contribution is -2.48. The fourth-order valence-corrected chi connectivity index (χ4v) is 4.34. The van der Waals surface area contributed by atoms with Crippen molar-refractivity contribution in [3.05, 3.63) is 28.8 Å². The number of rotatable bonds is 3. The van der Waals surface area contributed by atoms with Gasteiger partial charge in [0.15, 0.2) is 0 Å². The van der Waals surface area contributed by atoms with Crippen molar-refractivity contribution in [3.8, 4) is 0 Å².